The summed E-state index contributed by atoms with van der Waals surface area (Å²) < 4.78 is 0. The molecule has 0 radical (unpaired) electrons. The third-order valence-corrected chi connectivity index (χ3v) is 3.16. The van der Waals surface area contributed by atoms with Gasteiger partial charge in [0.15, 0.2) is 5.88 Å². The van der Waals surface area contributed by atoms with Crippen LogP contribution in [0.15, 0.2) is 54.6 Å². The number of carbonyl (C=O) groups is 1. The van der Waals surface area contributed by atoms with E-state index in [9.17, 15) is 4.79 Å². The predicted octanol–water partition coefficient (Wildman–Crippen LogP) is 4.83. The van der Waals surface area contributed by atoms with E-state index >= 15 is 0 Å². The Kier molecular flexibility index (Phi) is 6.49. The molecule has 1 aromatic heterocycles. The number of aromatic amines is 1. The Morgan fingerprint density at radius 2 is 1.68 bits per heavy atom. The quantitative estimate of drug-likeness (QED) is 0.373. The molecule has 0 spiro atoms. The standard InChI is InChI=1S/2C8H7NO.I2/c2*10-8-5-6-3-1-2-4-7(6)9-8;1-2/h1-4H,5H2,(H,9,10);1-5,9-10H;. The Balaban J connectivity index is 0.000000144. The number of halogens is 2. The molecule has 4 rings (SSSR count). The van der Waals surface area contributed by atoms with Crippen LogP contribution in [0.1, 0.15) is 5.56 Å². The number of nitrogens with one attached hydrogen (secondary N) is 2. The van der Waals surface area contributed by atoms with Crippen LogP contribution in [0.3, 0.4) is 0 Å². The lowest BCUT2D eigenvalue weighted by Crippen LogP contribution is -2.03. The molecule has 0 unspecified atom stereocenters. The van der Waals surface area contributed by atoms with E-state index in [0.717, 1.165) is 22.2 Å². The molecule has 0 aliphatic carbocycles. The first-order valence-corrected chi connectivity index (χ1v) is 12.8. The molecule has 22 heavy (non-hydrogen) atoms. The van der Waals surface area contributed by atoms with Gasteiger partial charge in [-0.1, -0.05) is 36.4 Å². The van der Waals surface area contributed by atoms with Crippen molar-refractivity contribution in [1.29, 1.82) is 0 Å². The summed E-state index contributed by atoms with van der Waals surface area (Å²) >= 11 is 4.24. The molecular formula is C16H14I2N2O2. The minimum Gasteiger partial charge on any atom is -0.495 e. The van der Waals surface area contributed by atoms with E-state index in [-0.39, 0.29) is 11.8 Å². The Bertz CT molecular complexity index is 711. The summed E-state index contributed by atoms with van der Waals surface area (Å²) in [5.41, 5.74) is 3.04. The predicted molar refractivity (Wildman–Crippen MR) is 107 cm³/mol. The Hall–Kier alpha value is -1.29. The maximum atomic E-state index is 10.8. The van der Waals surface area contributed by atoms with E-state index in [4.69, 9.17) is 5.11 Å². The summed E-state index contributed by atoms with van der Waals surface area (Å²) in [6.45, 7) is 0. The molecule has 3 N–H and O–H groups in total. The molecular weight excluding hydrogens is 506 g/mol. The van der Waals surface area contributed by atoms with E-state index in [2.05, 4.69) is 47.5 Å². The highest BCUT2D eigenvalue weighted by Crippen LogP contribution is 2.21. The fourth-order valence-corrected chi connectivity index (χ4v) is 2.22. The van der Waals surface area contributed by atoms with Crippen LogP contribution in [0.4, 0.5) is 5.69 Å². The first-order chi connectivity index (χ1) is 10.7. The van der Waals surface area contributed by atoms with Gasteiger partial charge < -0.3 is 15.4 Å². The Morgan fingerprint density at radius 1 is 1.00 bits per heavy atom. The fourth-order valence-electron chi connectivity index (χ4n) is 2.22. The van der Waals surface area contributed by atoms with Crippen LogP contribution in [0.25, 0.3) is 10.9 Å². The number of hydrogen-bond acceptors (Lipinski definition) is 2. The molecule has 1 aliphatic heterocycles. The monoisotopic (exact) mass is 520 g/mol. The van der Waals surface area contributed by atoms with Gasteiger partial charge in [-0.15, -0.1) is 0 Å². The Labute approximate surface area is 151 Å². The molecule has 4 nitrogen and oxygen atoms in total. The van der Waals surface area contributed by atoms with Crippen LogP contribution >= 0.6 is 37.2 Å². The van der Waals surface area contributed by atoms with Crippen molar-refractivity contribution in [2.45, 2.75) is 6.42 Å². The van der Waals surface area contributed by atoms with Crippen LogP contribution in [-0.2, 0) is 11.2 Å². The molecule has 3 aromatic rings. The van der Waals surface area contributed by atoms with E-state index in [0.29, 0.717) is 6.42 Å². The number of benzene rings is 2. The molecule has 0 fully saturated rings. The topological polar surface area (TPSA) is 65.1 Å². The molecule has 1 aliphatic rings. The summed E-state index contributed by atoms with van der Waals surface area (Å²) in [6, 6.07) is 17.2. The van der Waals surface area contributed by atoms with Crippen LogP contribution in [0, 0.1) is 0 Å². The number of amides is 1. The maximum Gasteiger partial charge on any atom is 0.228 e. The lowest BCUT2D eigenvalue weighted by Gasteiger charge is -1.93. The van der Waals surface area contributed by atoms with Gasteiger partial charge in [0.05, 0.1) is 6.42 Å². The summed E-state index contributed by atoms with van der Waals surface area (Å²) in [5.74, 6) is 0.322. The molecule has 1 amide bonds. The number of anilines is 1. The summed E-state index contributed by atoms with van der Waals surface area (Å²) in [7, 11) is 0. The zero-order chi connectivity index (χ0) is 15.9. The van der Waals surface area contributed by atoms with E-state index in [1.807, 2.05) is 48.5 Å². The number of H-pyrrole nitrogens is 1. The summed E-state index contributed by atoms with van der Waals surface area (Å²) in [6.07, 6.45) is 0.538. The second-order valence-corrected chi connectivity index (χ2v) is 4.62. The minimum atomic E-state index is 0.0983. The van der Waals surface area contributed by atoms with Gasteiger partial charge in [0.1, 0.15) is 0 Å². The van der Waals surface area contributed by atoms with Crippen molar-refractivity contribution >= 4 is 59.7 Å². The average Bonchev–Trinajstić information content (AvgIpc) is 3.10. The van der Waals surface area contributed by atoms with Crippen molar-refractivity contribution in [1.82, 2.24) is 4.98 Å². The molecule has 114 valence electrons. The largest absolute Gasteiger partial charge is 0.495 e. The number of fused-ring (bicyclic) bond motifs is 2. The van der Waals surface area contributed by atoms with Gasteiger partial charge in [-0.2, -0.15) is 0 Å². The lowest BCUT2D eigenvalue weighted by atomic mass is 10.2. The van der Waals surface area contributed by atoms with Gasteiger partial charge >= 0.3 is 0 Å². The SMILES string of the molecule is II.O=C1Cc2ccccc2N1.Oc1cc2ccccc2[nH]1. The van der Waals surface area contributed by atoms with Gasteiger partial charge in [-0.05, 0) is 17.7 Å². The molecule has 0 saturated carbocycles. The number of hydrogen-bond donors (Lipinski definition) is 3. The van der Waals surface area contributed by atoms with Gasteiger partial charge in [0.2, 0.25) is 5.91 Å². The highest BCUT2D eigenvalue weighted by molar-refractivity contribution is 15.0. The van der Waals surface area contributed by atoms with E-state index in [1.165, 1.54) is 0 Å². The summed E-state index contributed by atoms with van der Waals surface area (Å²) in [5, 5.41) is 12.8. The van der Waals surface area contributed by atoms with Gasteiger partial charge in [-0.25, -0.2) is 0 Å². The van der Waals surface area contributed by atoms with E-state index < -0.39 is 0 Å². The van der Waals surface area contributed by atoms with Crippen LogP contribution in [0.5, 0.6) is 5.88 Å². The first kappa shape index (κ1) is 17.1. The molecule has 0 bridgehead atoms. The minimum absolute atomic E-state index is 0.0983. The Morgan fingerprint density at radius 3 is 2.41 bits per heavy atom. The van der Waals surface area contributed by atoms with Crippen LogP contribution < -0.4 is 5.32 Å². The number of rotatable bonds is 0. The first-order valence-electron chi connectivity index (χ1n) is 6.51. The smallest absolute Gasteiger partial charge is 0.228 e. The normalized spacial score (nSPS) is 11.6. The number of aromatic hydroxyl groups is 1. The van der Waals surface area contributed by atoms with E-state index in [1.54, 1.807) is 6.07 Å². The van der Waals surface area contributed by atoms with Crippen molar-refractivity contribution < 1.29 is 9.90 Å². The molecule has 0 atom stereocenters. The van der Waals surface area contributed by atoms with Crippen molar-refractivity contribution in [3.05, 3.63) is 60.2 Å². The highest BCUT2D eigenvalue weighted by atomic mass is 128. The third-order valence-electron chi connectivity index (χ3n) is 3.16. The van der Waals surface area contributed by atoms with Crippen molar-refractivity contribution in [2.24, 2.45) is 0 Å². The highest BCUT2D eigenvalue weighted by Gasteiger charge is 2.15. The zero-order valence-electron chi connectivity index (χ0n) is 11.5. The third kappa shape index (κ3) is 4.35. The average molecular weight is 520 g/mol. The lowest BCUT2D eigenvalue weighted by molar-refractivity contribution is -0.115. The van der Waals surface area contributed by atoms with Crippen LogP contribution in [0.2, 0.25) is 0 Å². The second-order valence-electron chi connectivity index (χ2n) is 4.62. The molecule has 6 heteroatoms. The fraction of sp³-hybridized carbons (Fsp3) is 0.0625. The van der Waals surface area contributed by atoms with Gasteiger partial charge in [-0.3, -0.25) is 4.79 Å². The van der Waals surface area contributed by atoms with Crippen molar-refractivity contribution in [3.63, 3.8) is 0 Å². The van der Waals surface area contributed by atoms with Crippen molar-refractivity contribution in [2.75, 3.05) is 5.32 Å². The van der Waals surface area contributed by atoms with Crippen molar-refractivity contribution in [3.8, 4) is 5.88 Å². The van der Waals surface area contributed by atoms with Gasteiger partial charge in [0.25, 0.3) is 0 Å². The second kappa shape index (κ2) is 8.37. The number of aromatic nitrogens is 1. The van der Waals surface area contributed by atoms with Gasteiger partial charge in [0, 0.05) is 59.9 Å². The maximum absolute atomic E-state index is 10.8. The zero-order valence-corrected chi connectivity index (χ0v) is 15.8. The molecule has 2 aromatic carbocycles. The molecule has 2 heterocycles. The summed E-state index contributed by atoms with van der Waals surface area (Å²) in [4.78, 5) is 13.6. The molecule has 0 saturated heterocycles. The van der Waals surface area contributed by atoms with Crippen LogP contribution in [-0.4, -0.2) is 16.0 Å². The number of para-hydroxylation sites is 2. The number of carbonyl (C=O) groups excluding carboxylic acids is 1.